The van der Waals surface area contributed by atoms with Crippen molar-refractivity contribution in [2.45, 2.75) is 13.8 Å². The summed E-state index contributed by atoms with van der Waals surface area (Å²) in [7, 11) is 0. The second-order valence-electron chi connectivity index (χ2n) is 1.51. The van der Waals surface area contributed by atoms with Crippen LogP contribution in [0.1, 0.15) is 13.8 Å². The Balaban J connectivity index is 3.98. The first-order chi connectivity index (χ1) is 3.18. The Morgan fingerprint density at radius 2 is 2.00 bits per heavy atom. The molecule has 3 N–H and O–H groups in total. The van der Waals surface area contributed by atoms with Gasteiger partial charge in [-0.3, -0.25) is 0 Å². The van der Waals surface area contributed by atoms with Crippen LogP contribution in [0.15, 0.2) is 11.3 Å². The van der Waals surface area contributed by atoms with Gasteiger partial charge in [0.15, 0.2) is 0 Å². The number of hydrogen-bond donors (Lipinski definition) is 2. The third kappa shape index (κ3) is 1.98. The maximum absolute atomic E-state index is 6.68. The molecule has 0 bridgehead atoms. The van der Waals surface area contributed by atoms with E-state index in [1.807, 2.05) is 6.92 Å². The summed E-state index contributed by atoms with van der Waals surface area (Å²) in [4.78, 5) is 0. The maximum atomic E-state index is 6.68. The van der Waals surface area contributed by atoms with E-state index in [9.17, 15) is 0 Å². The Labute approximate surface area is 43.5 Å². The molecule has 0 aromatic carbocycles. The maximum Gasteiger partial charge on any atom is 0.0224 e. The van der Waals surface area contributed by atoms with E-state index in [2.05, 4.69) is 0 Å². The third-order valence-electron chi connectivity index (χ3n) is 0.839. The summed E-state index contributed by atoms with van der Waals surface area (Å²) in [6, 6.07) is 0. The van der Waals surface area contributed by atoms with Crippen molar-refractivity contribution >= 4 is 6.21 Å². The van der Waals surface area contributed by atoms with E-state index in [1.165, 1.54) is 6.21 Å². The van der Waals surface area contributed by atoms with E-state index < -0.39 is 0 Å². The summed E-state index contributed by atoms with van der Waals surface area (Å²) in [5.41, 5.74) is 6.83. The lowest BCUT2D eigenvalue weighted by atomic mass is 10.3. The molecule has 0 atom stereocenters. The van der Waals surface area contributed by atoms with Crippen molar-refractivity contribution in [1.82, 2.24) is 0 Å². The molecular formula is C5H10N2. The average Bonchev–Trinajstić information content (AvgIpc) is 1.65. The zero-order valence-corrected chi connectivity index (χ0v) is 4.65. The zero-order chi connectivity index (χ0) is 5.86. The van der Waals surface area contributed by atoms with Crippen molar-refractivity contribution < 1.29 is 0 Å². The molecule has 0 amide bonds. The molecule has 0 aromatic heterocycles. The first kappa shape index (κ1) is 6.21. The molecular weight excluding hydrogens is 88.1 g/mol. The summed E-state index contributed by atoms with van der Waals surface area (Å²) in [6.07, 6.45) is 1.25. The Morgan fingerprint density at radius 3 is 2.00 bits per heavy atom. The third-order valence-corrected chi connectivity index (χ3v) is 0.839. The number of nitrogens with one attached hydrogen (secondary N) is 1. The molecule has 2 nitrogen and oxygen atoms in total. The van der Waals surface area contributed by atoms with Gasteiger partial charge in [-0.1, -0.05) is 0 Å². The van der Waals surface area contributed by atoms with Crippen LogP contribution < -0.4 is 5.73 Å². The molecule has 0 unspecified atom stereocenters. The molecule has 40 valence electrons. The molecule has 7 heavy (non-hydrogen) atoms. The van der Waals surface area contributed by atoms with Crippen molar-refractivity contribution in [3.05, 3.63) is 11.3 Å². The normalized spacial score (nSPS) is 12.9. The van der Waals surface area contributed by atoms with Crippen LogP contribution in [-0.4, -0.2) is 6.21 Å². The highest BCUT2D eigenvalue weighted by molar-refractivity contribution is 5.75. The highest BCUT2D eigenvalue weighted by atomic mass is 14.6. The summed E-state index contributed by atoms with van der Waals surface area (Å²) in [5, 5.41) is 6.68. The molecule has 2 heteroatoms. The molecule has 0 rings (SSSR count). The van der Waals surface area contributed by atoms with Gasteiger partial charge in [-0.15, -0.1) is 0 Å². The van der Waals surface area contributed by atoms with Gasteiger partial charge in [0, 0.05) is 11.9 Å². The van der Waals surface area contributed by atoms with Gasteiger partial charge in [0.1, 0.15) is 0 Å². The average molecular weight is 98.1 g/mol. The van der Waals surface area contributed by atoms with E-state index in [1.54, 1.807) is 6.92 Å². The molecule has 0 aliphatic heterocycles. The minimum absolute atomic E-state index is 0.718. The van der Waals surface area contributed by atoms with Crippen molar-refractivity contribution in [3.8, 4) is 0 Å². The minimum atomic E-state index is 0.718. The largest absolute Gasteiger partial charge is 0.402 e. The van der Waals surface area contributed by atoms with Gasteiger partial charge in [0.25, 0.3) is 0 Å². The van der Waals surface area contributed by atoms with E-state index in [-0.39, 0.29) is 0 Å². The quantitative estimate of drug-likeness (QED) is 0.470. The number of rotatable bonds is 1. The molecule has 0 aliphatic rings. The summed E-state index contributed by atoms with van der Waals surface area (Å²) >= 11 is 0. The summed E-state index contributed by atoms with van der Waals surface area (Å²) in [5.74, 6) is 0. The Morgan fingerprint density at radius 1 is 1.57 bits per heavy atom. The van der Waals surface area contributed by atoms with Crippen LogP contribution in [-0.2, 0) is 0 Å². The van der Waals surface area contributed by atoms with Gasteiger partial charge < -0.3 is 11.1 Å². The van der Waals surface area contributed by atoms with E-state index in [4.69, 9.17) is 11.1 Å². The predicted octanol–water partition coefficient (Wildman–Crippen LogP) is 0.889. The van der Waals surface area contributed by atoms with Gasteiger partial charge in [0.2, 0.25) is 0 Å². The van der Waals surface area contributed by atoms with Crippen molar-refractivity contribution in [2.24, 2.45) is 5.73 Å². The lowest BCUT2D eigenvalue weighted by molar-refractivity contribution is 1.26. The highest BCUT2D eigenvalue weighted by Crippen LogP contribution is 1.88. The predicted molar refractivity (Wildman–Crippen MR) is 31.3 cm³/mol. The van der Waals surface area contributed by atoms with E-state index >= 15 is 0 Å². The van der Waals surface area contributed by atoms with Gasteiger partial charge in [0.05, 0.1) is 0 Å². The molecule has 0 radical (unpaired) electrons. The SMILES string of the molecule is C/C(N)=C(/C)C=N. The summed E-state index contributed by atoms with van der Waals surface area (Å²) in [6.45, 7) is 3.59. The highest BCUT2D eigenvalue weighted by Gasteiger charge is 1.81. The molecule has 0 saturated carbocycles. The fourth-order valence-corrected chi connectivity index (χ4v) is 0.114. The van der Waals surface area contributed by atoms with Gasteiger partial charge in [-0.25, -0.2) is 0 Å². The van der Waals surface area contributed by atoms with Crippen LogP contribution in [0.3, 0.4) is 0 Å². The van der Waals surface area contributed by atoms with Crippen LogP contribution in [0.25, 0.3) is 0 Å². The smallest absolute Gasteiger partial charge is 0.0224 e. The fourth-order valence-electron chi connectivity index (χ4n) is 0.114. The molecule has 0 fully saturated rings. The Kier molecular flexibility index (Phi) is 2.12. The van der Waals surface area contributed by atoms with E-state index in [0.29, 0.717) is 0 Å². The lowest BCUT2D eigenvalue weighted by Gasteiger charge is -1.89. The molecule has 0 aliphatic carbocycles. The monoisotopic (exact) mass is 98.1 g/mol. The van der Waals surface area contributed by atoms with Crippen molar-refractivity contribution in [2.75, 3.05) is 0 Å². The Hall–Kier alpha value is -0.790. The van der Waals surface area contributed by atoms with Crippen molar-refractivity contribution in [3.63, 3.8) is 0 Å². The molecule has 0 spiro atoms. The summed E-state index contributed by atoms with van der Waals surface area (Å²) < 4.78 is 0. The van der Waals surface area contributed by atoms with E-state index in [0.717, 1.165) is 11.3 Å². The van der Waals surface area contributed by atoms with Crippen LogP contribution in [0.2, 0.25) is 0 Å². The standard InChI is InChI=1S/C5H10N2/c1-4(3-6)5(2)7/h3,6H,7H2,1-2H3/b5-4+,6-3?. The van der Waals surface area contributed by atoms with Crippen molar-refractivity contribution in [1.29, 1.82) is 5.41 Å². The van der Waals surface area contributed by atoms with Gasteiger partial charge in [-0.2, -0.15) is 0 Å². The number of hydrogen-bond acceptors (Lipinski definition) is 2. The fraction of sp³-hybridized carbons (Fsp3) is 0.400. The van der Waals surface area contributed by atoms with Crippen LogP contribution in [0.5, 0.6) is 0 Å². The number of nitrogens with two attached hydrogens (primary N) is 1. The first-order valence-corrected chi connectivity index (χ1v) is 2.12. The lowest BCUT2D eigenvalue weighted by Crippen LogP contribution is -1.95. The topological polar surface area (TPSA) is 49.9 Å². The van der Waals surface area contributed by atoms with Gasteiger partial charge >= 0.3 is 0 Å². The first-order valence-electron chi connectivity index (χ1n) is 2.12. The Bertz CT molecular complexity index is 98.6. The molecule has 0 heterocycles. The second-order valence-corrected chi connectivity index (χ2v) is 1.51. The second kappa shape index (κ2) is 2.39. The van der Waals surface area contributed by atoms with Gasteiger partial charge in [-0.05, 0) is 19.4 Å². The zero-order valence-electron chi connectivity index (χ0n) is 4.65. The van der Waals surface area contributed by atoms with Crippen LogP contribution in [0.4, 0.5) is 0 Å². The molecule has 0 aromatic rings. The minimum Gasteiger partial charge on any atom is -0.402 e. The number of allylic oxidation sites excluding steroid dienone is 2. The van der Waals surface area contributed by atoms with Crippen LogP contribution >= 0.6 is 0 Å². The van der Waals surface area contributed by atoms with Crippen LogP contribution in [0, 0.1) is 5.41 Å². The molecule has 0 saturated heterocycles.